The molecule has 37 heavy (non-hydrogen) atoms. The monoisotopic (exact) mass is 496 g/mol. The van der Waals surface area contributed by atoms with Gasteiger partial charge in [0.25, 0.3) is 0 Å². The van der Waals surface area contributed by atoms with Gasteiger partial charge in [0.1, 0.15) is 0 Å². The van der Waals surface area contributed by atoms with Gasteiger partial charge in [0, 0.05) is 34.2 Å². The van der Waals surface area contributed by atoms with Crippen molar-refractivity contribution in [3.63, 3.8) is 0 Å². The van der Waals surface area contributed by atoms with Gasteiger partial charge in [-0.15, -0.1) is 0 Å². The lowest BCUT2D eigenvalue weighted by atomic mass is 9.48. The van der Waals surface area contributed by atoms with Crippen LogP contribution in [0.5, 0.6) is 0 Å². The van der Waals surface area contributed by atoms with Crippen LogP contribution in [0, 0.1) is 34.5 Å². The fraction of sp³-hybridized carbons (Fsp3) is 0.469. The summed E-state index contributed by atoms with van der Waals surface area (Å²) >= 11 is 0. The highest BCUT2D eigenvalue weighted by Crippen LogP contribution is 2.65. The second-order valence-electron chi connectivity index (χ2n) is 12.2. The molecule has 5 heteroatoms. The molecule has 0 bridgehead atoms. The van der Waals surface area contributed by atoms with E-state index in [1.54, 1.807) is 18.2 Å². The third-order valence-corrected chi connectivity index (χ3v) is 10.5. The molecule has 0 radical (unpaired) electrons. The number of carbonyl (C=O) groups is 3. The molecule has 2 aromatic carbocycles. The fourth-order valence-corrected chi connectivity index (χ4v) is 8.45. The molecule has 5 nitrogen and oxygen atoms in total. The van der Waals surface area contributed by atoms with Crippen molar-refractivity contribution in [1.29, 1.82) is 0 Å². The number of hydrogen-bond acceptors (Lipinski definition) is 3. The molecule has 0 aromatic heterocycles. The third kappa shape index (κ3) is 3.94. The maximum atomic E-state index is 13.6. The van der Waals surface area contributed by atoms with Crippen LogP contribution in [0.1, 0.15) is 68.3 Å². The first-order valence-corrected chi connectivity index (χ1v) is 13.8. The Balaban J connectivity index is 1.15. The van der Waals surface area contributed by atoms with Crippen LogP contribution in [-0.2, 0) is 9.59 Å². The van der Waals surface area contributed by atoms with E-state index < -0.39 is 0 Å². The summed E-state index contributed by atoms with van der Waals surface area (Å²) in [6.45, 7) is 4.68. The molecular formula is C32H36N2O3. The van der Waals surface area contributed by atoms with Crippen molar-refractivity contribution in [3.8, 4) is 0 Å². The van der Waals surface area contributed by atoms with Gasteiger partial charge < -0.3 is 10.6 Å². The summed E-state index contributed by atoms with van der Waals surface area (Å²) in [5.41, 5.74) is 2.03. The minimum absolute atomic E-state index is 0.000703. The van der Waals surface area contributed by atoms with E-state index in [1.165, 1.54) is 0 Å². The topological polar surface area (TPSA) is 75.3 Å². The van der Waals surface area contributed by atoms with Gasteiger partial charge in [-0.25, -0.2) is 0 Å². The molecule has 1 aliphatic heterocycles. The molecule has 2 aromatic rings. The first-order valence-electron chi connectivity index (χ1n) is 13.8. The SMILES string of the molecule is C[C@]12C=CC(=O)NC1CCC1C2CC[C@]2(C)C(C(=O)Nc3ccc(C(=O)c4ccccc4)cc3)CCC12. The Morgan fingerprint density at radius 1 is 0.865 bits per heavy atom. The number of nitrogens with one attached hydrogen (secondary N) is 2. The van der Waals surface area contributed by atoms with Crippen molar-refractivity contribution >= 4 is 23.3 Å². The van der Waals surface area contributed by atoms with Crippen LogP contribution in [0.4, 0.5) is 5.69 Å². The second-order valence-corrected chi connectivity index (χ2v) is 12.2. The highest BCUT2D eigenvalue weighted by molar-refractivity contribution is 6.09. The highest BCUT2D eigenvalue weighted by Gasteiger charge is 2.60. The number of fused-ring (bicyclic) bond motifs is 5. The van der Waals surface area contributed by atoms with Crippen molar-refractivity contribution < 1.29 is 14.4 Å². The molecule has 192 valence electrons. The Morgan fingerprint density at radius 3 is 2.35 bits per heavy atom. The summed E-state index contributed by atoms with van der Waals surface area (Å²) in [6, 6.07) is 16.8. The van der Waals surface area contributed by atoms with Gasteiger partial charge in [-0.3, -0.25) is 14.4 Å². The van der Waals surface area contributed by atoms with Crippen molar-refractivity contribution in [2.45, 2.75) is 58.4 Å². The fourth-order valence-electron chi connectivity index (χ4n) is 8.45. The quantitative estimate of drug-likeness (QED) is 0.528. The maximum Gasteiger partial charge on any atom is 0.243 e. The summed E-state index contributed by atoms with van der Waals surface area (Å²) in [4.78, 5) is 38.3. The Hall–Kier alpha value is -3.21. The zero-order chi connectivity index (χ0) is 25.8. The van der Waals surface area contributed by atoms with Crippen molar-refractivity contribution in [1.82, 2.24) is 5.32 Å². The highest BCUT2D eigenvalue weighted by atomic mass is 16.2. The molecule has 3 fully saturated rings. The summed E-state index contributed by atoms with van der Waals surface area (Å²) in [5.74, 6) is 1.82. The van der Waals surface area contributed by atoms with E-state index in [0.29, 0.717) is 28.9 Å². The number of ketones is 1. The minimum atomic E-state index is -0.0165. The summed E-state index contributed by atoms with van der Waals surface area (Å²) in [6.07, 6.45) is 10.2. The van der Waals surface area contributed by atoms with Crippen molar-refractivity contribution in [3.05, 3.63) is 77.9 Å². The molecule has 1 heterocycles. The van der Waals surface area contributed by atoms with E-state index in [2.05, 4.69) is 30.6 Å². The van der Waals surface area contributed by atoms with Crippen LogP contribution in [0.2, 0.25) is 0 Å². The van der Waals surface area contributed by atoms with Gasteiger partial charge in [-0.1, -0.05) is 50.3 Å². The first kappa shape index (κ1) is 24.1. The van der Waals surface area contributed by atoms with Crippen LogP contribution in [0.3, 0.4) is 0 Å². The average Bonchev–Trinajstić information content (AvgIpc) is 3.27. The Labute approximate surface area is 219 Å². The van der Waals surface area contributed by atoms with Gasteiger partial charge in [-0.05, 0) is 92.0 Å². The van der Waals surface area contributed by atoms with E-state index in [1.807, 2.05) is 42.5 Å². The Morgan fingerprint density at radius 2 is 1.59 bits per heavy atom. The van der Waals surface area contributed by atoms with Gasteiger partial charge in [0.05, 0.1) is 0 Å². The van der Waals surface area contributed by atoms with Gasteiger partial charge >= 0.3 is 0 Å². The normalized spacial score (nSPS) is 36.1. The number of carbonyl (C=O) groups excluding carboxylic acids is 3. The van der Waals surface area contributed by atoms with E-state index in [0.717, 1.165) is 44.2 Å². The molecule has 0 spiro atoms. The summed E-state index contributed by atoms with van der Waals surface area (Å²) in [7, 11) is 0. The molecular weight excluding hydrogens is 460 g/mol. The molecule has 6 rings (SSSR count). The lowest BCUT2D eigenvalue weighted by molar-refractivity contribution is -0.129. The predicted octanol–water partition coefficient (Wildman–Crippen LogP) is 5.77. The summed E-state index contributed by atoms with van der Waals surface area (Å²) < 4.78 is 0. The largest absolute Gasteiger partial charge is 0.349 e. The minimum Gasteiger partial charge on any atom is -0.349 e. The molecule has 2 amide bonds. The molecule has 7 atom stereocenters. The number of hydrogen-bond donors (Lipinski definition) is 2. The second kappa shape index (κ2) is 8.97. The van der Waals surface area contributed by atoms with E-state index in [9.17, 15) is 14.4 Å². The van der Waals surface area contributed by atoms with Crippen LogP contribution < -0.4 is 10.6 Å². The van der Waals surface area contributed by atoms with Crippen molar-refractivity contribution in [2.75, 3.05) is 5.32 Å². The van der Waals surface area contributed by atoms with Gasteiger partial charge in [-0.2, -0.15) is 0 Å². The molecule has 0 saturated heterocycles. The molecule has 4 aliphatic rings. The zero-order valence-corrected chi connectivity index (χ0v) is 21.7. The molecule has 5 unspecified atom stereocenters. The number of amides is 2. The van der Waals surface area contributed by atoms with Gasteiger partial charge in [0.15, 0.2) is 5.78 Å². The first-order chi connectivity index (χ1) is 17.8. The average molecular weight is 497 g/mol. The molecule has 3 saturated carbocycles. The van der Waals surface area contributed by atoms with Crippen LogP contribution in [0.15, 0.2) is 66.7 Å². The van der Waals surface area contributed by atoms with E-state index in [-0.39, 0.29) is 40.4 Å². The summed E-state index contributed by atoms with van der Waals surface area (Å²) in [5, 5.41) is 6.39. The van der Waals surface area contributed by atoms with Crippen LogP contribution in [-0.4, -0.2) is 23.6 Å². The molecule has 3 aliphatic carbocycles. The standard InChI is InChI=1S/C32H36N2O3/c1-31-18-16-25-23(12-15-27-32(25,2)19-17-28(35)34-27)24(31)13-14-26(31)30(37)33-22-10-8-21(9-11-22)29(36)20-6-4-3-5-7-20/h3-11,17,19,23-27H,12-16,18H2,1-2H3,(H,33,37)(H,34,35)/t23?,24?,25?,26?,27?,31-,32+/m0/s1. The maximum absolute atomic E-state index is 13.6. The Bertz CT molecular complexity index is 1250. The zero-order valence-electron chi connectivity index (χ0n) is 21.7. The van der Waals surface area contributed by atoms with E-state index in [4.69, 9.17) is 0 Å². The van der Waals surface area contributed by atoms with Crippen LogP contribution in [0.25, 0.3) is 0 Å². The van der Waals surface area contributed by atoms with Crippen LogP contribution >= 0.6 is 0 Å². The smallest absolute Gasteiger partial charge is 0.243 e. The molecule has 2 N–H and O–H groups in total. The predicted molar refractivity (Wildman–Crippen MR) is 144 cm³/mol. The lowest BCUT2D eigenvalue weighted by Gasteiger charge is -2.58. The van der Waals surface area contributed by atoms with E-state index >= 15 is 0 Å². The third-order valence-electron chi connectivity index (χ3n) is 10.5. The number of rotatable bonds is 4. The number of anilines is 1. The van der Waals surface area contributed by atoms with Crippen molar-refractivity contribution in [2.24, 2.45) is 34.5 Å². The number of benzene rings is 2. The van der Waals surface area contributed by atoms with Gasteiger partial charge in [0.2, 0.25) is 11.8 Å². The lowest BCUT2D eigenvalue weighted by Crippen LogP contribution is -2.59. The Kier molecular flexibility index (Phi) is 5.85.